The zero-order valence-electron chi connectivity index (χ0n) is 19.6. The van der Waals surface area contributed by atoms with E-state index in [0.717, 1.165) is 48.1 Å². The van der Waals surface area contributed by atoms with Gasteiger partial charge < -0.3 is 19.7 Å². The van der Waals surface area contributed by atoms with Crippen molar-refractivity contribution in [3.63, 3.8) is 0 Å². The fourth-order valence-electron chi connectivity index (χ4n) is 5.52. The Kier molecular flexibility index (Phi) is 7.00. The van der Waals surface area contributed by atoms with E-state index in [0.29, 0.717) is 17.9 Å². The van der Waals surface area contributed by atoms with Gasteiger partial charge in [-0.3, -0.25) is 0 Å². The van der Waals surface area contributed by atoms with E-state index in [1.54, 1.807) is 12.1 Å². The Morgan fingerprint density at radius 1 is 1.06 bits per heavy atom. The topological polar surface area (TPSA) is 79.9 Å². The number of ether oxygens (including phenoxy) is 1. The van der Waals surface area contributed by atoms with Gasteiger partial charge >= 0.3 is 0 Å². The van der Waals surface area contributed by atoms with E-state index in [4.69, 9.17) is 15.4 Å². The molecule has 1 N–H and O–H groups in total. The minimum atomic E-state index is -0.966. The minimum Gasteiger partial charge on any atom is -0.861 e. The van der Waals surface area contributed by atoms with E-state index in [2.05, 4.69) is 13.1 Å². The molecule has 4 rings (SSSR count). The van der Waals surface area contributed by atoms with Gasteiger partial charge in [0.05, 0.1) is 50.3 Å². The van der Waals surface area contributed by atoms with Gasteiger partial charge in [-0.25, -0.2) is 0 Å². The zero-order chi connectivity index (χ0) is 24.0. The molecule has 5 nitrogen and oxygen atoms in total. The van der Waals surface area contributed by atoms with Gasteiger partial charge in [-0.05, 0) is 35.2 Å². The van der Waals surface area contributed by atoms with Crippen LogP contribution in [0.5, 0.6) is 5.75 Å². The molecule has 2 atom stereocenters. The number of nitrogens with one attached hydrogen (secondary N) is 1. The third kappa shape index (κ3) is 4.69. The number of quaternary nitrogens is 1. The molecule has 0 aliphatic carbocycles. The molecule has 0 spiro atoms. The number of nitrogens with zero attached hydrogens (tertiary/aromatic N) is 2. The lowest BCUT2D eigenvalue weighted by molar-refractivity contribution is -0.899. The van der Waals surface area contributed by atoms with Crippen LogP contribution in [0.25, 0.3) is 0 Å². The van der Waals surface area contributed by atoms with Crippen molar-refractivity contribution in [1.29, 1.82) is 10.7 Å². The second-order valence-corrected chi connectivity index (χ2v) is 9.45. The smallest absolute Gasteiger partial charge is 0.120 e. The summed E-state index contributed by atoms with van der Waals surface area (Å²) >= 11 is 0. The molecule has 0 bridgehead atoms. The Morgan fingerprint density at radius 3 is 2.29 bits per heavy atom. The SMILES string of the molecule is C[N+]1(CCCOc2cccc(C#N)c2)CC[C@@H](C(C(=N)[O-])(c2ccccc2)c2ccccc2)C1. The number of hydrogen-bond acceptors (Lipinski definition) is 4. The number of rotatable bonds is 9. The van der Waals surface area contributed by atoms with E-state index in [1.165, 1.54) is 0 Å². The van der Waals surface area contributed by atoms with Crippen molar-refractivity contribution < 1.29 is 14.3 Å². The van der Waals surface area contributed by atoms with E-state index in [-0.39, 0.29) is 5.92 Å². The number of benzene rings is 3. The molecule has 0 radical (unpaired) electrons. The highest BCUT2D eigenvalue weighted by molar-refractivity contribution is 5.87. The van der Waals surface area contributed by atoms with Crippen molar-refractivity contribution in [2.45, 2.75) is 18.3 Å². The number of nitriles is 1. The molecule has 5 heteroatoms. The molecule has 3 aromatic carbocycles. The molecule has 1 aliphatic rings. The molecule has 174 valence electrons. The molecule has 1 heterocycles. The first-order valence-electron chi connectivity index (χ1n) is 11.8. The molecule has 1 fully saturated rings. The monoisotopic (exact) mass is 453 g/mol. The van der Waals surface area contributed by atoms with Crippen LogP contribution in [0.3, 0.4) is 0 Å². The molecule has 1 aliphatic heterocycles. The summed E-state index contributed by atoms with van der Waals surface area (Å²) in [5, 5.41) is 30.7. The fourth-order valence-corrected chi connectivity index (χ4v) is 5.52. The normalized spacial score (nSPS) is 19.9. The van der Waals surface area contributed by atoms with Gasteiger partial charge in [-0.2, -0.15) is 5.26 Å². The van der Waals surface area contributed by atoms with Crippen LogP contribution in [0.4, 0.5) is 0 Å². The minimum absolute atomic E-state index is 0.0422. The average Bonchev–Trinajstić information content (AvgIpc) is 3.26. The van der Waals surface area contributed by atoms with Gasteiger partial charge in [0.25, 0.3) is 0 Å². The van der Waals surface area contributed by atoms with Crippen LogP contribution in [-0.2, 0) is 5.41 Å². The standard InChI is InChI=1S/C29H31N3O2/c1-32(17-9-19-34-27-15-8-10-23(20-27)21-30)18-16-26(22-32)29(28(31)33,24-11-4-2-5-12-24)25-13-6-3-7-14-25/h2-8,10-15,20,26H,9,16-19,22H2,1H3,(H-,31,33)/t26-,32?/m1/s1. The van der Waals surface area contributed by atoms with Crippen LogP contribution in [0.1, 0.15) is 29.5 Å². The Balaban J connectivity index is 1.50. The molecule has 1 unspecified atom stereocenters. The Bertz CT molecular complexity index is 1120. The molecule has 0 saturated carbocycles. The lowest BCUT2D eigenvalue weighted by Crippen LogP contribution is -2.52. The number of likely N-dealkylation sites (tertiary alicyclic amines) is 1. The summed E-state index contributed by atoms with van der Waals surface area (Å²) in [6.45, 7) is 3.30. The van der Waals surface area contributed by atoms with Crippen LogP contribution in [0, 0.1) is 22.7 Å². The van der Waals surface area contributed by atoms with E-state index in [9.17, 15) is 5.11 Å². The van der Waals surface area contributed by atoms with Crippen LogP contribution < -0.4 is 9.84 Å². The predicted octanol–water partition coefficient (Wildman–Crippen LogP) is 4.12. The van der Waals surface area contributed by atoms with Crippen LogP contribution in [0.2, 0.25) is 0 Å². The van der Waals surface area contributed by atoms with Gasteiger partial charge in [-0.1, -0.05) is 66.7 Å². The maximum atomic E-state index is 13.2. The lowest BCUT2D eigenvalue weighted by Gasteiger charge is -2.43. The van der Waals surface area contributed by atoms with Gasteiger partial charge in [0, 0.05) is 18.8 Å². The zero-order valence-corrected chi connectivity index (χ0v) is 19.6. The largest absolute Gasteiger partial charge is 0.861 e. The van der Waals surface area contributed by atoms with E-state index < -0.39 is 11.3 Å². The first-order chi connectivity index (χ1) is 16.5. The van der Waals surface area contributed by atoms with Gasteiger partial charge in [-0.15, -0.1) is 0 Å². The Hall–Kier alpha value is -3.62. The maximum Gasteiger partial charge on any atom is 0.120 e. The summed E-state index contributed by atoms with van der Waals surface area (Å²) in [4.78, 5) is 0. The molecule has 0 aromatic heterocycles. The van der Waals surface area contributed by atoms with Gasteiger partial charge in [0.1, 0.15) is 5.75 Å². The molecule has 3 aromatic rings. The first kappa shape index (κ1) is 23.5. The highest BCUT2D eigenvalue weighted by atomic mass is 16.5. The third-order valence-electron chi connectivity index (χ3n) is 7.18. The highest BCUT2D eigenvalue weighted by Gasteiger charge is 2.49. The van der Waals surface area contributed by atoms with Crippen molar-refractivity contribution in [3.8, 4) is 11.8 Å². The molecular weight excluding hydrogens is 422 g/mol. The summed E-state index contributed by atoms with van der Waals surface area (Å²) < 4.78 is 6.73. The van der Waals surface area contributed by atoms with Crippen molar-refractivity contribution in [2.75, 3.05) is 33.3 Å². The maximum absolute atomic E-state index is 13.2. The molecule has 0 amide bonds. The summed E-state index contributed by atoms with van der Waals surface area (Å²) in [5.41, 5.74) is 1.44. The van der Waals surface area contributed by atoms with Crippen molar-refractivity contribution in [2.24, 2.45) is 5.92 Å². The van der Waals surface area contributed by atoms with E-state index in [1.807, 2.05) is 72.8 Å². The van der Waals surface area contributed by atoms with Crippen LogP contribution in [0.15, 0.2) is 84.9 Å². The Morgan fingerprint density at radius 2 is 1.71 bits per heavy atom. The summed E-state index contributed by atoms with van der Waals surface area (Å²) in [6, 6.07) is 29.1. The second-order valence-electron chi connectivity index (χ2n) is 9.45. The Labute approximate surface area is 202 Å². The van der Waals surface area contributed by atoms with Crippen molar-refractivity contribution in [1.82, 2.24) is 0 Å². The van der Waals surface area contributed by atoms with Crippen molar-refractivity contribution >= 4 is 5.90 Å². The lowest BCUT2D eigenvalue weighted by atomic mass is 9.65. The molecule has 1 saturated heterocycles. The highest BCUT2D eigenvalue weighted by Crippen LogP contribution is 2.45. The second kappa shape index (κ2) is 10.1. The van der Waals surface area contributed by atoms with Crippen molar-refractivity contribution in [3.05, 3.63) is 102 Å². The quantitative estimate of drug-likeness (QED) is 0.229. The van der Waals surface area contributed by atoms with E-state index >= 15 is 0 Å². The molecule has 34 heavy (non-hydrogen) atoms. The summed E-state index contributed by atoms with van der Waals surface area (Å²) in [6.07, 6.45) is 1.76. The molecular formula is C29H31N3O2. The van der Waals surface area contributed by atoms with Gasteiger partial charge in [0.15, 0.2) is 0 Å². The first-order valence-corrected chi connectivity index (χ1v) is 11.8. The van der Waals surface area contributed by atoms with Gasteiger partial charge in [0.2, 0.25) is 0 Å². The third-order valence-corrected chi connectivity index (χ3v) is 7.18. The predicted molar refractivity (Wildman–Crippen MR) is 132 cm³/mol. The van der Waals surface area contributed by atoms with Crippen LogP contribution >= 0.6 is 0 Å². The number of hydrogen-bond donors (Lipinski definition) is 1. The summed E-state index contributed by atoms with van der Waals surface area (Å²) in [5.74, 6) is 0.220. The fraction of sp³-hybridized carbons (Fsp3) is 0.310. The van der Waals surface area contributed by atoms with Crippen LogP contribution in [-0.4, -0.2) is 43.7 Å². The summed E-state index contributed by atoms with van der Waals surface area (Å²) in [7, 11) is 2.24. The average molecular weight is 454 g/mol.